The predicted octanol–water partition coefficient (Wildman–Crippen LogP) is 2.20. The highest BCUT2D eigenvalue weighted by Gasteiger charge is 2.37. The molecule has 1 atom stereocenters. The molecular weight excluding hydrogens is 272 g/mol. The van der Waals surface area contributed by atoms with E-state index in [0.717, 1.165) is 12.0 Å². The molecule has 2 rings (SSSR count). The molecular formula is C15H24N2O2S. The van der Waals surface area contributed by atoms with Crippen LogP contribution in [0.2, 0.25) is 0 Å². The summed E-state index contributed by atoms with van der Waals surface area (Å²) in [5, 5.41) is 0. The van der Waals surface area contributed by atoms with Crippen LogP contribution in [0.25, 0.3) is 0 Å². The maximum atomic E-state index is 12.6. The van der Waals surface area contributed by atoms with Gasteiger partial charge in [0.05, 0.1) is 4.90 Å². The second kappa shape index (κ2) is 5.47. The molecule has 1 aliphatic heterocycles. The lowest BCUT2D eigenvalue weighted by Gasteiger charge is -2.26. The highest BCUT2D eigenvalue weighted by atomic mass is 32.2. The summed E-state index contributed by atoms with van der Waals surface area (Å²) in [5.74, 6) is 0.417. The number of hydrogen-bond donors (Lipinski definition) is 1. The average Bonchev–Trinajstić information content (AvgIpc) is 2.89. The molecule has 0 saturated carbocycles. The van der Waals surface area contributed by atoms with Crippen LogP contribution < -0.4 is 5.73 Å². The Morgan fingerprint density at radius 1 is 1.25 bits per heavy atom. The van der Waals surface area contributed by atoms with Gasteiger partial charge in [0.2, 0.25) is 10.0 Å². The molecule has 4 nitrogen and oxygen atoms in total. The summed E-state index contributed by atoms with van der Waals surface area (Å²) in [5.41, 5.74) is 6.63. The standard InChI is InChI=1S/C15H24N2O2S/c1-15(2,3)13-8-9-17(11-13)20(18,19)14-6-4-12(10-16)5-7-14/h4-7,13H,8-11,16H2,1-3H3. The van der Waals surface area contributed by atoms with Crippen LogP contribution in [0.15, 0.2) is 29.2 Å². The fourth-order valence-corrected chi connectivity index (χ4v) is 4.10. The van der Waals surface area contributed by atoms with Crippen molar-refractivity contribution in [1.82, 2.24) is 4.31 Å². The highest BCUT2D eigenvalue weighted by Crippen LogP contribution is 2.35. The maximum Gasteiger partial charge on any atom is 0.243 e. The summed E-state index contributed by atoms with van der Waals surface area (Å²) in [6.45, 7) is 8.17. The van der Waals surface area contributed by atoms with Crippen LogP contribution in [0, 0.1) is 11.3 Å². The SMILES string of the molecule is CC(C)(C)C1CCN(S(=O)(=O)c2ccc(CN)cc2)C1. The van der Waals surface area contributed by atoms with Crippen LogP contribution >= 0.6 is 0 Å². The molecule has 1 heterocycles. The van der Waals surface area contributed by atoms with Gasteiger partial charge in [-0.05, 0) is 35.4 Å². The lowest BCUT2D eigenvalue weighted by molar-refractivity contribution is 0.252. The van der Waals surface area contributed by atoms with Gasteiger partial charge in [-0.25, -0.2) is 8.42 Å². The third kappa shape index (κ3) is 3.05. The van der Waals surface area contributed by atoms with Crippen molar-refractivity contribution >= 4 is 10.0 Å². The maximum absolute atomic E-state index is 12.6. The Hall–Kier alpha value is -0.910. The van der Waals surface area contributed by atoms with Crippen molar-refractivity contribution in [3.63, 3.8) is 0 Å². The van der Waals surface area contributed by atoms with Gasteiger partial charge in [0.1, 0.15) is 0 Å². The second-order valence-electron chi connectivity index (χ2n) is 6.56. The molecule has 1 aliphatic rings. The van der Waals surface area contributed by atoms with E-state index in [1.165, 1.54) is 0 Å². The van der Waals surface area contributed by atoms with Gasteiger partial charge >= 0.3 is 0 Å². The van der Waals surface area contributed by atoms with E-state index >= 15 is 0 Å². The topological polar surface area (TPSA) is 63.4 Å². The Bertz CT molecular complexity index is 559. The molecule has 1 aromatic rings. The van der Waals surface area contributed by atoms with Crippen LogP contribution in [-0.4, -0.2) is 25.8 Å². The van der Waals surface area contributed by atoms with Gasteiger partial charge in [-0.15, -0.1) is 0 Å². The molecule has 0 amide bonds. The van der Waals surface area contributed by atoms with Crippen molar-refractivity contribution < 1.29 is 8.42 Å². The van der Waals surface area contributed by atoms with Crippen LogP contribution in [-0.2, 0) is 16.6 Å². The lowest BCUT2D eigenvalue weighted by Crippen LogP contribution is -2.31. The fraction of sp³-hybridized carbons (Fsp3) is 0.600. The number of nitrogens with zero attached hydrogens (tertiary/aromatic N) is 1. The molecule has 5 heteroatoms. The van der Waals surface area contributed by atoms with Crippen LogP contribution in [0.5, 0.6) is 0 Å². The van der Waals surface area contributed by atoms with Crippen LogP contribution in [0.1, 0.15) is 32.8 Å². The highest BCUT2D eigenvalue weighted by molar-refractivity contribution is 7.89. The Morgan fingerprint density at radius 3 is 2.30 bits per heavy atom. The number of rotatable bonds is 3. The normalized spacial score (nSPS) is 21.3. The lowest BCUT2D eigenvalue weighted by atomic mass is 9.80. The largest absolute Gasteiger partial charge is 0.326 e. The van der Waals surface area contributed by atoms with Gasteiger partial charge in [-0.2, -0.15) is 4.31 Å². The second-order valence-corrected chi connectivity index (χ2v) is 8.50. The van der Waals surface area contributed by atoms with Crippen LogP contribution in [0.4, 0.5) is 0 Å². The Labute approximate surface area is 122 Å². The third-order valence-corrected chi connectivity index (χ3v) is 6.05. The Kier molecular flexibility index (Phi) is 4.23. The minimum Gasteiger partial charge on any atom is -0.326 e. The first-order valence-corrected chi connectivity index (χ1v) is 8.48. The molecule has 2 N–H and O–H groups in total. The summed E-state index contributed by atoms with van der Waals surface area (Å²) in [6, 6.07) is 6.87. The molecule has 0 aromatic heterocycles. The van der Waals surface area contributed by atoms with E-state index in [-0.39, 0.29) is 5.41 Å². The van der Waals surface area contributed by atoms with Crippen molar-refractivity contribution in [3.8, 4) is 0 Å². The third-order valence-electron chi connectivity index (χ3n) is 4.17. The monoisotopic (exact) mass is 296 g/mol. The van der Waals surface area contributed by atoms with Gasteiger partial charge in [-0.3, -0.25) is 0 Å². The van der Waals surface area contributed by atoms with E-state index in [2.05, 4.69) is 20.8 Å². The zero-order valence-electron chi connectivity index (χ0n) is 12.5. The van der Waals surface area contributed by atoms with Gasteiger partial charge in [0.25, 0.3) is 0 Å². The van der Waals surface area contributed by atoms with E-state index < -0.39 is 10.0 Å². The molecule has 1 aromatic carbocycles. The first-order valence-electron chi connectivity index (χ1n) is 7.04. The van der Waals surface area contributed by atoms with Gasteiger partial charge in [0.15, 0.2) is 0 Å². The average molecular weight is 296 g/mol. The van der Waals surface area contributed by atoms with E-state index in [4.69, 9.17) is 5.73 Å². The van der Waals surface area contributed by atoms with Crippen molar-refractivity contribution in [2.45, 2.75) is 38.6 Å². The smallest absolute Gasteiger partial charge is 0.243 e. The minimum atomic E-state index is -3.36. The number of benzene rings is 1. The predicted molar refractivity (Wildman–Crippen MR) is 80.7 cm³/mol. The molecule has 112 valence electrons. The summed E-state index contributed by atoms with van der Waals surface area (Å²) in [6.07, 6.45) is 0.934. The fourth-order valence-electron chi connectivity index (χ4n) is 2.60. The Balaban J connectivity index is 2.19. The van der Waals surface area contributed by atoms with Gasteiger partial charge in [0, 0.05) is 19.6 Å². The molecule has 20 heavy (non-hydrogen) atoms. The van der Waals surface area contributed by atoms with Crippen molar-refractivity contribution in [2.24, 2.45) is 17.1 Å². The number of nitrogens with two attached hydrogens (primary N) is 1. The zero-order valence-corrected chi connectivity index (χ0v) is 13.3. The molecule has 0 spiro atoms. The van der Waals surface area contributed by atoms with Crippen molar-refractivity contribution in [2.75, 3.05) is 13.1 Å². The van der Waals surface area contributed by atoms with E-state index in [1.807, 2.05) is 0 Å². The summed E-state index contributed by atoms with van der Waals surface area (Å²) in [7, 11) is -3.36. The molecule has 0 radical (unpaired) electrons. The van der Waals surface area contributed by atoms with Crippen LogP contribution in [0.3, 0.4) is 0 Å². The summed E-state index contributed by atoms with van der Waals surface area (Å²) < 4.78 is 26.8. The molecule has 1 unspecified atom stereocenters. The van der Waals surface area contributed by atoms with Crippen molar-refractivity contribution in [3.05, 3.63) is 29.8 Å². The summed E-state index contributed by atoms with van der Waals surface area (Å²) in [4.78, 5) is 0.365. The quantitative estimate of drug-likeness (QED) is 0.930. The number of sulfonamides is 1. The molecule has 1 saturated heterocycles. The molecule has 0 bridgehead atoms. The first-order chi connectivity index (χ1) is 9.25. The Morgan fingerprint density at radius 2 is 1.85 bits per heavy atom. The molecule has 0 aliphatic carbocycles. The van der Waals surface area contributed by atoms with E-state index in [9.17, 15) is 8.42 Å². The van der Waals surface area contributed by atoms with Gasteiger partial charge in [-0.1, -0.05) is 32.9 Å². The minimum absolute atomic E-state index is 0.147. The van der Waals surface area contributed by atoms with E-state index in [0.29, 0.717) is 30.4 Å². The summed E-state index contributed by atoms with van der Waals surface area (Å²) >= 11 is 0. The molecule has 1 fully saturated rings. The zero-order chi connectivity index (χ0) is 15.0. The van der Waals surface area contributed by atoms with Crippen molar-refractivity contribution in [1.29, 1.82) is 0 Å². The van der Waals surface area contributed by atoms with E-state index in [1.54, 1.807) is 28.6 Å². The first kappa shape index (κ1) is 15.5. The number of hydrogen-bond acceptors (Lipinski definition) is 3. The van der Waals surface area contributed by atoms with Gasteiger partial charge < -0.3 is 5.73 Å².